The van der Waals surface area contributed by atoms with Crippen LogP contribution in [0.3, 0.4) is 0 Å². The van der Waals surface area contributed by atoms with Gasteiger partial charge in [0.05, 0.1) is 13.0 Å². The Labute approximate surface area is 187 Å². The molecule has 0 aromatic heterocycles. The highest BCUT2D eigenvalue weighted by Gasteiger charge is 2.10. The minimum atomic E-state index is -0.419. The fourth-order valence-corrected chi connectivity index (χ4v) is 2.94. The van der Waals surface area contributed by atoms with Gasteiger partial charge in [-0.2, -0.15) is 0 Å². The molecule has 0 spiro atoms. The van der Waals surface area contributed by atoms with E-state index in [-0.39, 0.29) is 36.4 Å². The second-order valence-electron chi connectivity index (χ2n) is 6.83. The fraction of sp³-hybridized carbons (Fsp3) is 0.304. The summed E-state index contributed by atoms with van der Waals surface area (Å²) in [6.45, 7) is 0.281. The monoisotopic (exact) mass is 441 g/mol. The summed E-state index contributed by atoms with van der Waals surface area (Å²) in [6, 6.07) is 17.1. The number of esters is 1. The van der Waals surface area contributed by atoms with Crippen LogP contribution < -0.4 is 16.0 Å². The van der Waals surface area contributed by atoms with Gasteiger partial charge in [-0.25, -0.2) is 0 Å². The number of nitrogens with one attached hydrogen (secondary N) is 3. The number of rotatable bonds is 10. The Hall–Kier alpha value is -3.26. The van der Waals surface area contributed by atoms with Crippen molar-refractivity contribution in [2.75, 3.05) is 19.0 Å². The molecule has 0 aliphatic rings. The number of carbonyl (C=O) groups is 3. The molecule has 2 aromatic carbocycles. The third kappa shape index (κ3) is 9.86. The zero-order valence-electron chi connectivity index (χ0n) is 17.5. The van der Waals surface area contributed by atoms with Crippen molar-refractivity contribution in [3.05, 3.63) is 65.7 Å². The molecule has 8 heteroatoms. The smallest absolute Gasteiger partial charge is 0.306 e. The van der Waals surface area contributed by atoms with Crippen LogP contribution in [0.4, 0.5) is 5.69 Å². The predicted molar refractivity (Wildman–Crippen MR) is 124 cm³/mol. The number of aryl methyl sites for hydroxylation is 1. The number of hydrogen-bond acceptors (Lipinski definition) is 5. The van der Waals surface area contributed by atoms with Crippen molar-refractivity contribution in [3.63, 3.8) is 0 Å². The Kier molecular flexibility index (Phi) is 10.2. The van der Waals surface area contributed by atoms with Gasteiger partial charge in [0.25, 0.3) is 0 Å². The van der Waals surface area contributed by atoms with Gasteiger partial charge in [-0.05, 0) is 41.9 Å². The van der Waals surface area contributed by atoms with Crippen LogP contribution in [0.5, 0.6) is 0 Å². The second kappa shape index (κ2) is 13.1. The largest absolute Gasteiger partial charge is 0.465 e. The molecule has 0 aliphatic carbocycles. The summed E-state index contributed by atoms with van der Waals surface area (Å²) in [7, 11) is 1.61. The SMILES string of the molecule is CNC(=O)CCc1ccc(NC(=S)NC(=O)CCC(=O)OCCc2ccccc2)cc1. The quantitative estimate of drug-likeness (QED) is 0.388. The predicted octanol–water partition coefficient (Wildman–Crippen LogP) is 2.74. The lowest BCUT2D eigenvalue weighted by Crippen LogP contribution is -2.34. The molecular formula is C23H27N3O4S. The van der Waals surface area contributed by atoms with Gasteiger partial charge < -0.3 is 20.7 Å². The fourth-order valence-electron chi connectivity index (χ4n) is 2.70. The molecule has 164 valence electrons. The normalized spacial score (nSPS) is 10.1. The molecule has 0 bridgehead atoms. The molecule has 0 radical (unpaired) electrons. The van der Waals surface area contributed by atoms with Crippen LogP contribution >= 0.6 is 12.2 Å². The van der Waals surface area contributed by atoms with Crippen molar-refractivity contribution in [3.8, 4) is 0 Å². The van der Waals surface area contributed by atoms with E-state index < -0.39 is 5.97 Å². The van der Waals surface area contributed by atoms with Gasteiger partial charge in [-0.3, -0.25) is 14.4 Å². The van der Waals surface area contributed by atoms with Gasteiger partial charge in [0.15, 0.2) is 5.11 Å². The van der Waals surface area contributed by atoms with E-state index in [1.807, 2.05) is 54.6 Å². The minimum absolute atomic E-state index is 0.00818. The Morgan fingerprint density at radius 3 is 2.19 bits per heavy atom. The maximum Gasteiger partial charge on any atom is 0.306 e. The summed E-state index contributed by atoms with van der Waals surface area (Å²) in [5.41, 5.74) is 2.83. The molecule has 3 N–H and O–H groups in total. The van der Waals surface area contributed by atoms with Crippen molar-refractivity contribution in [2.45, 2.75) is 32.1 Å². The van der Waals surface area contributed by atoms with E-state index in [2.05, 4.69) is 16.0 Å². The van der Waals surface area contributed by atoms with Crippen LogP contribution in [0.1, 0.15) is 30.4 Å². The summed E-state index contributed by atoms with van der Waals surface area (Å²) < 4.78 is 5.16. The lowest BCUT2D eigenvalue weighted by Gasteiger charge is -2.10. The third-order valence-corrected chi connectivity index (χ3v) is 4.64. The number of thiocarbonyl (C=S) groups is 1. The maximum atomic E-state index is 12.0. The molecule has 2 aromatic rings. The molecule has 31 heavy (non-hydrogen) atoms. The minimum Gasteiger partial charge on any atom is -0.465 e. The molecule has 0 aliphatic heterocycles. The summed E-state index contributed by atoms with van der Waals surface area (Å²) >= 11 is 5.14. The summed E-state index contributed by atoms with van der Waals surface area (Å²) in [4.78, 5) is 35.1. The number of hydrogen-bond donors (Lipinski definition) is 3. The molecule has 0 saturated heterocycles. The lowest BCUT2D eigenvalue weighted by atomic mass is 10.1. The number of anilines is 1. The topological polar surface area (TPSA) is 96.5 Å². The van der Waals surface area contributed by atoms with Gasteiger partial charge in [0.2, 0.25) is 11.8 Å². The molecule has 2 rings (SSSR count). The summed E-state index contributed by atoms with van der Waals surface area (Å²) in [5, 5.41) is 8.21. The lowest BCUT2D eigenvalue weighted by molar-refractivity contribution is -0.144. The molecule has 0 heterocycles. The maximum absolute atomic E-state index is 12.0. The van der Waals surface area contributed by atoms with E-state index in [1.54, 1.807) is 7.05 Å². The highest BCUT2D eigenvalue weighted by atomic mass is 32.1. The van der Waals surface area contributed by atoms with Crippen LogP contribution in [0.15, 0.2) is 54.6 Å². The van der Waals surface area contributed by atoms with Crippen LogP contribution in [0.25, 0.3) is 0 Å². The highest BCUT2D eigenvalue weighted by Crippen LogP contribution is 2.11. The third-order valence-electron chi connectivity index (χ3n) is 4.44. The average molecular weight is 442 g/mol. The van der Waals surface area contributed by atoms with Crippen molar-refractivity contribution in [2.24, 2.45) is 0 Å². The first kappa shape index (κ1) is 24.0. The molecule has 7 nitrogen and oxygen atoms in total. The van der Waals surface area contributed by atoms with Crippen LogP contribution in [0, 0.1) is 0 Å². The van der Waals surface area contributed by atoms with E-state index >= 15 is 0 Å². The van der Waals surface area contributed by atoms with Gasteiger partial charge in [-0.15, -0.1) is 0 Å². The Bertz CT molecular complexity index is 885. The van der Waals surface area contributed by atoms with E-state index in [0.29, 0.717) is 24.9 Å². The standard InChI is InChI=1S/C23H27N3O4S/c1-24-20(27)12-9-18-7-10-19(11-8-18)25-23(31)26-21(28)13-14-22(29)30-16-15-17-5-3-2-4-6-17/h2-8,10-11H,9,12-16H2,1H3,(H,24,27)(H2,25,26,28,31). The Morgan fingerprint density at radius 2 is 1.52 bits per heavy atom. The van der Waals surface area contributed by atoms with Gasteiger partial charge >= 0.3 is 5.97 Å². The zero-order valence-corrected chi connectivity index (χ0v) is 18.3. The van der Waals surface area contributed by atoms with Crippen LogP contribution in [-0.2, 0) is 32.0 Å². The van der Waals surface area contributed by atoms with Crippen LogP contribution in [-0.4, -0.2) is 36.6 Å². The number of amides is 2. The summed E-state index contributed by atoms with van der Waals surface area (Å²) in [5.74, 6) is -0.789. The van der Waals surface area contributed by atoms with Crippen molar-refractivity contribution in [1.82, 2.24) is 10.6 Å². The summed E-state index contributed by atoms with van der Waals surface area (Å²) in [6.07, 6.45) is 1.68. The first-order valence-electron chi connectivity index (χ1n) is 10.1. The molecule has 0 fully saturated rings. The average Bonchev–Trinajstić information content (AvgIpc) is 2.77. The first-order chi connectivity index (χ1) is 15.0. The van der Waals surface area contributed by atoms with Crippen LogP contribution in [0.2, 0.25) is 0 Å². The van der Waals surface area contributed by atoms with Gasteiger partial charge in [0, 0.05) is 32.0 Å². The molecule has 0 atom stereocenters. The molecule has 2 amide bonds. The van der Waals surface area contributed by atoms with E-state index in [0.717, 1.165) is 11.1 Å². The number of ether oxygens (including phenoxy) is 1. The second-order valence-corrected chi connectivity index (χ2v) is 7.24. The Morgan fingerprint density at radius 1 is 0.839 bits per heavy atom. The highest BCUT2D eigenvalue weighted by molar-refractivity contribution is 7.80. The van der Waals surface area contributed by atoms with E-state index in [9.17, 15) is 14.4 Å². The number of benzene rings is 2. The van der Waals surface area contributed by atoms with Crippen molar-refractivity contribution in [1.29, 1.82) is 0 Å². The van der Waals surface area contributed by atoms with Crippen molar-refractivity contribution >= 4 is 40.8 Å². The molecular weight excluding hydrogens is 414 g/mol. The van der Waals surface area contributed by atoms with Crippen molar-refractivity contribution < 1.29 is 19.1 Å². The first-order valence-corrected chi connectivity index (χ1v) is 10.5. The number of carbonyl (C=O) groups excluding carboxylic acids is 3. The molecule has 0 unspecified atom stereocenters. The van der Waals surface area contributed by atoms with Gasteiger partial charge in [-0.1, -0.05) is 42.5 Å². The zero-order chi connectivity index (χ0) is 22.5. The van der Waals surface area contributed by atoms with Gasteiger partial charge in [0.1, 0.15) is 0 Å². The van der Waals surface area contributed by atoms with E-state index in [4.69, 9.17) is 17.0 Å². The molecule has 0 saturated carbocycles. The van der Waals surface area contributed by atoms with E-state index in [1.165, 1.54) is 0 Å². The Balaban J connectivity index is 1.63.